The molecular formula is C11H24N2. The second kappa shape index (κ2) is 5.61. The van der Waals surface area contributed by atoms with Gasteiger partial charge in [-0.05, 0) is 19.8 Å². The van der Waals surface area contributed by atoms with Gasteiger partial charge in [-0.3, -0.25) is 4.90 Å². The van der Waals surface area contributed by atoms with Crippen LogP contribution in [-0.2, 0) is 0 Å². The quantitative estimate of drug-likeness (QED) is 0.717. The Hall–Kier alpha value is -0.0800. The van der Waals surface area contributed by atoms with Crippen molar-refractivity contribution in [1.82, 2.24) is 10.2 Å². The van der Waals surface area contributed by atoms with Crippen LogP contribution in [0.4, 0.5) is 0 Å². The lowest BCUT2D eigenvalue weighted by molar-refractivity contribution is 0.145. The molecule has 0 amide bonds. The second-order valence-corrected chi connectivity index (χ2v) is 4.19. The molecule has 0 saturated carbocycles. The second-order valence-electron chi connectivity index (χ2n) is 4.19. The molecular weight excluding hydrogens is 160 g/mol. The summed E-state index contributed by atoms with van der Waals surface area (Å²) in [6, 6.07) is 1.51. The predicted molar refractivity (Wildman–Crippen MR) is 58.0 cm³/mol. The van der Waals surface area contributed by atoms with E-state index in [4.69, 9.17) is 0 Å². The fourth-order valence-corrected chi connectivity index (χ4v) is 2.05. The zero-order valence-electron chi connectivity index (χ0n) is 9.34. The lowest BCUT2D eigenvalue weighted by atomic mass is 10.1. The first-order valence-electron chi connectivity index (χ1n) is 5.75. The number of nitrogens with one attached hydrogen (secondary N) is 1. The molecule has 2 unspecified atom stereocenters. The minimum atomic E-state index is 0.743. The van der Waals surface area contributed by atoms with Gasteiger partial charge in [-0.1, -0.05) is 20.3 Å². The van der Waals surface area contributed by atoms with Crippen LogP contribution in [-0.4, -0.2) is 36.6 Å². The van der Waals surface area contributed by atoms with Crippen LogP contribution >= 0.6 is 0 Å². The van der Waals surface area contributed by atoms with Crippen molar-refractivity contribution >= 4 is 0 Å². The highest BCUT2D eigenvalue weighted by atomic mass is 15.2. The summed E-state index contributed by atoms with van der Waals surface area (Å²) < 4.78 is 0. The Morgan fingerprint density at radius 3 is 2.85 bits per heavy atom. The highest BCUT2D eigenvalue weighted by molar-refractivity contribution is 4.80. The summed E-state index contributed by atoms with van der Waals surface area (Å²) in [6.45, 7) is 10.5. The van der Waals surface area contributed by atoms with E-state index in [-0.39, 0.29) is 0 Å². The van der Waals surface area contributed by atoms with E-state index < -0.39 is 0 Å². The van der Waals surface area contributed by atoms with Crippen LogP contribution in [0.3, 0.4) is 0 Å². The van der Waals surface area contributed by atoms with E-state index in [2.05, 4.69) is 31.0 Å². The maximum atomic E-state index is 3.59. The molecule has 1 aliphatic heterocycles. The molecule has 0 aromatic carbocycles. The fraction of sp³-hybridized carbons (Fsp3) is 1.00. The summed E-state index contributed by atoms with van der Waals surface area (Å²) in [5, 5.41) is 3.59. The Bertz CT molecular complexity index is 134. The van der Waals surface area contributed by atoms with E-state index in [1.165, 1.54) is 38.9 Å². The zero-order chi connectivity index (χ0) is 9.68. The van der Waals surface area contributed by atoms with Crippen molar-refractivity contribution in [2.45, 2.75) is 52.1 Å². The van der Waals surface area contributed by atoms with Crippen LogP contribution in [0.1, 0.15) is 40.0 Å². The Morgan fingerprint density at radius 2 is 2.23 bits per heavy atom. The van der Waals surface area contributed by atoms with Gasteiger partial charge < -0.3 is 5.32 Å². The molecule has 0 spiro atoms. The Labute approximate surface area is 82.7 Å². The molecule has 0 bridgehead atoms. The summed E-state index contributed by atoms with van der Waals surface area (Å²) >= 11 is 0. The molecule has 1 rings (SSSR count). The molecule has 1 heterocycles. The van der Waals surface area contributed by atoms with Crippen molar-refractivity contribution in [2.24, 2.45) is 0 Å². The van der Waals surface area contributed by atoms with Crippen molar-refractivity contribution in [3.63, 3.8) is 0 Å². The molecule has 1 N–H and O–H groups in total. The van der Waals surface area contributed by atoms with Crippen LogP contribution in [0, 0.1) is 0 Å². The first kappa shape index (κ1) is 11.0. The number of rotatable bonds is 4. The van der Waals surface area contributed by atoms with E-state index in [1.807, 2.05) is 0 Å². The van der Waals surface area contributed by atoms with Crippen LogP contribution < -0.4 is 5.32 Å². The average molecular weight is 184 g/mol. The largest absolute Gasteiger partial charge is 0.311 e. The van der Waals surface area contributed by atoms with Gasteiger partial charge in [0.1, 0.15) is 0 Å². The molecule has 2 atom stereocenters. The van der Waals surface area contributed by atoms with Crippen molar-refractivity contribution in [2.75, 3.05) is 19.6 Å². The molecule has 13 heavy (non-hydrogen) atoms. The molecule has 0 aromatic heterocycles. The average Bonchev–Trinajstić information content (AvgIpc) is 2.18. The summed E-state index contributed by atoms with van der Waals surface area (Å²) in [7, 11) is 0. The van der Waals surface area contributed by atoms with Crippen LogP contribution in [0.5, 0.6) is 0 Å². The zero-order valence-corrected chi connectivity index (χ0v) is 9.34. The van der Waals surface area contributed by atoms with Gasteiger partial charge in [-0.25, -0.2) is 0 Å². The van der Waals surface area contributed by atoms with E-state index in [1.54, 1.807) is 0 Å². The molecule has 2 heteroatoms. The third-order valence-corrected chi connectivity index (χ3v) is 3.14. The van der Waals surface area contributed by atoms with E-state index in [9.17, 15) is 0 Å². The van der Waals surface area contributed by atoms with Crippen LogP contribution in [0.2, 0.25) is 0 Å². The fourth-order valence-electron chi connectivity index (χ4n) is 2.05. The van der Waals surface area contributed by atoms with Gasteiger partial charge in [-0.2, -0.15) is 0 Å². The van der Waals surface area contributed by atoms with Crippen LogP contribution in [0.25, 0.3) is 0 Å². The van der Waals surface area contributed by atoms with Crippen molar-refractivity contribution in [3.05, 3.63) is 0 Å². The summed E-state index contributed by atoms with van der Waals surface area (Å²) in [5.41, 5.74) is 0. The number of piperazine rings is 1. The van der Waals surface area contributed by atoms with Crippen molar-refractivity contribution in [1.29, 1.82) is 0 Å². The Balaban J connectivity index is 2.32. The summed E-state index contributed by atoms with van der Waals surface area (Å²) in [5.74, 6) is 0. The topological polar surface area (TPSA) is 15.3 Å². The maximum absolute atomic E-state index is 3.59. The molecule has 0 aromatic rings. The predicted octanol–water partition coefficient (Wildman–Crippen LogP) is 1.86. The molecule has 0 radical (unpaired) electrons. The first-order valence-corrected chi connectivity index (χ1v) is 5.75. The third-order valence-electron chi connectivity index (χ3n) is 3.14. The molecule has 1 saturated heterocycles. The van der Waals surface area contributed by atoms with Gasteiger partial charge >= 0.3 is 0 Å². The highest BCUT2D eigenvalue weighted by Gasteiger charge is 2.20. The number of nitrogens with zero attached hydrogens (tertiary/aromatic N) is 1. The molecule has 2 nitrogen and oxygen atoms in total. The van der Waals surface area contributed by atoms with Gasteiger partial charge in [0.05, 0.1) is 0 Å². The van der Waals surface area contributed by atoms with E-state index in [0.717, 1.165) is 12.1 Å². The van der Waals surface area contributed by atoms with Crippen molar-refractivity contribution < 1.29 is 0 Å². The third kappa shape index (κ3) is 3.28. The van der Waals surface area contributed by atoms with E-state index >= 15 is 0 Å². The summed E-state index contributed by atoms with van der Waals surface area (Å²) in [6.07, 6.45) is 3.90. The van der Waals surface area contributed by atoms with Crippen molar-refractivity contribution in [3.8, 4) is 0 Å². The molecule has 0 aliphatic carbocycles. The lowest BCUT2D eigenvalue weighted by Crippen LogP contribution is -2.53. The molecule has 1 fully saturated rings. The minimum absolute atomic E-state index is 0.743. The molecule has 1 aliphatic rings. The number of hydrogen-bond donors (Lipinski definition) is 1. The Kier molecular flexibility index (Phi) is 4.74. The first-order chi connectivity index (χ1) is 6.27. The normalized spacial score (nSPS) is 27.5. The highest BCUT2D eigenvalue weighted by Crippen LogP contribution is 2.10. The lowest BCUT2D eigenvalue weighted by Gasteiger charge is -2.37. The van der Waals surface area contributed by atoms with Gasteiger partial charge in [0.15, 0.2) is 0 Å². The van der Waals surface area contributed by atoms with Gasteiger partial charge in [0.25, 0.3) is 0 Å². The van der Waals surface area contributed by atoms with E-state index in [0.29, 0.717) is 0 Å². The molecule has 78 valence electrons. The Morgan fingerprint density at radius 1 is 1.46 bits per heavy atom. The smallest absolute Gasteiger partial charge is 0.0195 e. The van der Waals surface area contributed by atoms with Crippen LogP contribution in [0.15, 0.2) is 0 Å². The SMILES string of the molecule is CCCC1CN(C(C)CC)CCN1. The summed E-state index contributed by atoms with van der Waals surface area (Å²) in [4.78, 5) is 2.62. The van der Waals surface area contributed by atoms with Gasteiger partial charge in [0.2, 0.25) is 0 Å². The number of hydrogen-bond acceptors (Lipinski definition) is 2. The van der Waals surface area contributed by atoms with Gasteiger partial charge in [0, 0.05) is 31.7 Å². The maximum Gasteiger partial charge on any atom is 0.0195 e. The monoisotopic (exact) mass is 184 g/mol. The minimum Gasteiger partial charge on any atom is -0.311 e. The standard InChI is InChI=1S/C11H24N2/c1-4-6-11-9-13(8-7-12-11)10(3)5-2/h10-12H,4-9H2,1-3H3. The van der Waals surface area contributed by atoms with Gasteiger partial charge in [-0.15, -0.1) is 0 Å².